The quantitative estimate of drug-likeness (QED) is 0.525. The van der Waals surface area contributed by atoms with E-state index < -0.39 is 0 Å². The molecule has 7 heteroatoms. The molecule has 28 heavy (non-hydrogen) atoms. The number of ether oxygens (including phenoxy) is 1. The van der Waals surface area contributed by atoms with Crippen LogP contribution in [0.1, 0.15) is 24.3 Å². The lowest BCUT2D eigenvalue weighted by Crippen LogP contribution is -2.15. The number of nitrogens with one attached hydrogen (secondary N) is 3. The molecule has 5 N–H and O–H groups in total. The maximum absolute atomic E-state index is 12.4. The van der Waals surface area contributed by atoms with Crippen molar-refractivity contribution < 1.29 is 4.74 Å². The highest BCUT2D eigenvalue weighted by Gasteiger charge is 2.16. The number of benzene rings is 1. The van der Waals surface area contributed by atoms with Crippen molar-refractivity contribution >= 4 is 28.1 Å². The monoisotopic (exact) mass is 379 g/mol. The smallest absolute Gasteiger partial charge is 0.259 e. The zero-order chi connectivity index (χ0) is 19.3. The van der Waals surface area contributed by atoms with Crippen LogP contribution in [-0.2, 0) is 4.74 Å². The number of H-pyrrole nitrogens is 1. The van der Waals surface area contributed by atoms with Crippen LogP contribution >= 0.6 is 0 Å². The maximum Gasteiger partial charge on any atom is 0.259 e. The summed E-state index contributed by atoms with van der Waals surface area (Å²) >= 11 is 0. The maximum atomic E-state index is 12.4. The standard InChI is InChI=1S/C21H25N5O2/c22-8-10-23-18-13-16-5-9-24-21(27)19(16)20(26-18)25-17-3-1-14(2-4-17)15-6-11-28-12-7-15/h1-5,9,13,15H,6-8,10-12,22H2,(H,24,27)(H2,23,25,26). The van der Waals surface area contributed by atoms with Crippen molar-refractivity contribution in [2.45, 2.75) is 18.8 Å². The summed E-state index contributed by atoms with van der Waals surface area (Å²) in [5.74, 6) is 1.76. The van der Waals surface area contributed by atoms with Crippen molar-refractivity contribution in [3.63, 3.8) is 0 Å². The summed E-state index contributed by atoms with van der Waals surface area (Å²) < 4.78 is 5.45. The van der Waals surface area contributed by atoms with Gasteiger partial charge in [-0.15, -0.1) is 0 Å². The molecule has 0 spiro atoms. The Hall–Kier alpha value is -2.90. The third-order valence-electron chi connectivity index (χ3n) is 5.07. The van der Waals surface area contributed by atoms with E-state index in [9.17, 15) is 4.79 Å². The zero-order valence-corrected chi connectivity index (χ0v) is 15.7. The van der Waals surface area contributed by atoms with E-state index in [-0.39, 0.29) is 5.56 Å². The summed E-state index contributed by atoms with van der Waals surface area (Å²) in [6.07, 6.45) is 3.76. The first-order chi connectivity index (χ1) is 13.7. The summed E-state index contributed by atoms with van der Waals surface area (Å²) in [4.78, 5) is 19.7. The van der Waals surface area contributed by atoms with E-state index in [0.29, 0.717) is 36.0 Å². The highest BCUT2D eigenvalue weighted by molar-refractivity contribution is 5.94. The minimum atomic E-state index is -0.170. The number of rotatable bonds is 6. The van der Waals surface area contributed by atoms with Gasteiger partial charge in [0.2, 0.25) is 0 Å². The van der Waals surface area contributed by atoms with E-state index in [2.05, 4.69) is 32.7 Å². The molecule has 4 rings (SSSR count). The van der Waals surface area contributed by atoms with Gasteiger partial charge in [0.05, 0.1) is 5.39 Å². The first kappa shape index (κ1) is 18.5. The third-order valence-corrected chi connectivity index (χ3v) is 5.07. The van der Waals surface area contributed by atoms with Crippen LogP contribution in [0, 0.1) is 0 Å². The van der Waals surface area contributed by atoms with E-state index in [1.165, 1.54) is 5.56 Å². The molecule has 1 fully saturated rings. The molecule has 1 saturated heterocycles. The second kappa shape index (κ2) is 8.41. The Labute approximate surface area is 163 Å². The molecule has 3 heterocycles. The zero-order valence-electron chi connectivity index (χ0n) is 15.7. The van der Waals surface area contributed by atoms with Gasteiger partial charge in [-0.2, -0.15) is 0 Å². The van der Waals surface area contributed by atoms with E-state index in [1.807, 2.05) is 24.3 Å². The SMILES string of the molecule is NCCNc1cc2cc[nH]c(=O)c2c(Nc2ccc(C3CCOCC3)cc2)n1. The molecule has 0 saturated carbocycles. The molecule has 7 nitrogen and oxygen atoms in total. The minimum Gasteiger partial charge on any atom is -0.381 e. The van der Waals surface area contributed by atoms with E-state index in [4.69, 9.17) is 10.5 Å². The van der Waals surface area contributed by atoms with Crippen molar-refractivity contribution in [2.75, 3.05) is 36.9 Å². The van der Waals surface area contributed by atoms with E-state index >= 15 is 0 Å². The van der Waals surface area contributed by atoms with Crippen LogP contribution in [0.15, 0.2) is 47.4 Å². The largest absolute Gasteiger partial charge is 0.381 e. The molecule has 0 atom stereocenters. The van der Waals surface area contributed by atoms with Gasteiger partial charge in [-0.3, -0.25) is 4.79 Å². The van der Waals surface area contributed by atoms with Gasteiger partial charge in [-0.25, -0.2) is 4.98 Å². The summed E-state index contributed by atoms with van der Waals surface area (Å²) in [5.41, 5.74) is 7.63. The van der Waals surface area contributed by atoms with Gasteiger partial charge in [0.15, 0.2) is 0 Å². The number of anilines is 3. The van der Waals surface area contributed by atoms with Gasteiger partial charge in [-0.05, 0) is 54.0 Å². The molecular weight excluding hydrogens is 354 g/mol. The highest BCUT2D eigenvalue weighted by atomic mass is 16.5. The second-order valence-corrected chi connectivity index (χ2v) is 6.98. The lowest BCUT2D eigenvalue weighted by atomic mass is 9.92. The van der Waals surface area contributed by atoms with Crippen LogP contribution in [0.3, 0.4) is 0 Å². The number of fused-ring (bicyclic) bond motifs is 1. The van der Waals surface area contributed by atoms with Crippen molar-refractivity contribution in [1.29, 1.82) is 0 Å². The minimum absolute atomic E-state index is 0.170. The lowest BCUT2D eigenvalue weighted by molar-refractivity contribution is 0.0853. The Bertz CT molecular complexity index is 994. The van der Waals surface area contributed by atoms with Crippen molar-refractivity contribution in [1.82, 2.24) is 9.97 Å². The number of aromatic nitrogens is 2. The molecule has 1 aliphatic rings. The molecule has 1 aromatic carbocycles. The highest BCUT2D eigenvalue weighted by Crippen LogP contribution is 2.29. The number of hydrogen-bond acceptors (Lipinski definition) is 6. The molecule has 0 amide bonds. The topological polar surface area (TPSA) is 105 Å². The van der Waals surface area contributed by atoms with Crippen LogP contribution < -0.4 is 21.9 Å². The normalized spacial score (nSPS) is 14.9. The number of nitrogens with zero attached hydrogens (tertiary/aromatic N) is 1. The summed E-state index contributed by atoms with van der Waals surface area (Å²) in [5, 5.41) is 7.85. The molecular formula is C21H25N5O2. The van der Waals surface area contributed by atoms with Gasteiger partial charge in [0.1, 0.15) is 11.6 Å². The second-order valence-electron chi connectivity index (χ2n) is 6.98. The fourth-order valence-corrected chi connectivity index (χ4v) is 3.60. The molecule has 0 radical (unpaired) electrons. The average Bonchev–Trinajstić information content (AvgIpc) is 2.73. The first-order valence-corrected chi connectivity index (χ1v) is 9.66. The molecule has 0 bridgehead atoms. The molecule has 0 unspecified atom stereocenters. The van der Waals surface area contributed by atoms with Crippen LogP contribution in [0.2, 0.25) is 0 Å². The fraction of sp³-hybridized carbons (Fsp3) is 0.333. The molecule has 146 valence electrons. The summed E-state index contributed by atoms with van der Waals surface area (Å²) in [7, 11) is 0. The van der Waals surface area contributed by atoms with E-state index in [0.717, 1.165) is 37.1 Å². The Morgan fingerprint density at radius 1 is 1.18 bits per heavy atom. The van der Waals surface area contributed by atoms with Crippen LogP contribution in [0.5, 0.6) is 0 Å². The van der Waals surface area contributed by atoms with Crippen molar-refractivity contribution in [3.05, 3.63) is 58.5 Å². The van der Waals surface area contributed by atoms with Gasteiger partial charge in [0.25, 0.3) is 5.56 Å². The average molecular weight is 379 g/mol. The number of nitrogens with two attached hydrogens (primary N) is 1. The van der Waals surface area contributed by atoms with Crippen LogP contribution in [0.25, 0.3) is 10.8 Å². The van der Waals surface area contributed by atoms with E-state index in [1.54, 1.807) is 6.20 Å². The first-order valence-electron chi connectivity index (χ1n) is 9.66. The Morgan fingerprint density at radius 3 is 2.71 bits per heavy atom. The van der Waals surface area contributed by atoms with Gasteiger partial charge in [0, 0.05) is 38.2 Å². The number of hydrogen-bond donors (Lipinski definition) is 4. The number of pyridine rings is 2. The third kappa shape index (κ3) is 4.00. The van der Waals surface area contributed by atoms with Crippen molar-refractivity contribution in [2.24, 2.45) is 5.73 Å². The Kier molecular flexibility index (Phi) is 5.55. The summed E-state index contributed by atoms with van der Waals surface area (Å²) in [6.45, 7) is 2.77. The van der Waals surface area contributed by atoms with Crippen LogP contribution in [-0.4, -0.2) is 36.3 Å². The van der Waals surface area contributed by atoms with Crippen molar-refractivity contribution in [3.8, 4) is 0 Å². The molecule has 0 aliphatic carbocycles. The molecule has 3 aromatic rings. The Morgan fingerprint density at radius 2 is 1.96 bits per heavy atom. The predicted molar refractivity (Wildman–Crippen MR) is 112 cm³/mol. The predicted octanol–water partition coefficient (Wildman–Crippen LogP) is 2.93. The fourth-order valence-electron chi connectivity index (χ4n) is 3.60. The lowest BCUT2D eigenvalue weighted by Gasteiger charge is -2.22. The van der Waals surface area contributed by atoms with Gasteiger partial charge in [-0.1, -0.05) is 12.1 Å². The Balaban J connectivity index is 1.63. The molecule has 1 aliphatic heterocycles. The van der Waals surface area contributed by atoms with Gasteiger partial charge >= 0.3 is 0 Å². The van der Waals surface area contributed by atoms with Crippen LogP contribution in [0.4, 0.5) is 17.3 Å². The number of aromatic amines is 1. The molecule has 2 aromatic heterocycles. The van der Waals surface area contributed by atoms with Gasteiger partial charge < -0.3 is 26.1 Å². The summed E-state index contributed by atoms with van der Waals surface area (Å²) in [6, 6.07) is 12.1.